The van der Waals surface area contributed by atoms with E-state index in [1.54, 1.807) is 49.9 Å². The lowest BCUT2D eigenvalue weighted by atomic mass is 9.94. The Morgan fingerprint density at radius 2 is 1.58 bits per heavy atom. The van der Waals surface area contributed by atoms with E-state index in [-0.39, 0.29) is 30.0 Å². The Kier molecular flexibility index (Phi) is 13.4. The van der Waals surface area contributed by atoms with Gasteiger partial charge in [-0.15, -0.1) is 0 Å². The predicted octanol–water partition coefficient (Wildman–Crippen LogP) is 6.82. The van der Waals surface area contributed by atoms with Crippen LogP contribution in [0.3, 0.4) is 0 Å². The normalized spacial score (nSPS) is 15.3. The van der Waals surface area contributed by atoms with E-state index in [9.17, 15) is 19.5 Å². The molecule has 0 spiro atoms. The topological polar surface area (TPSA) is 108 Å². The summed E-state index contributed by atoms with van der Waals surface area (Å²) in [4.78, 5) is 43.3. The zero-order valence-corrected chi connectivity index (χ0v) is 26.4. The number of hydrogen-bond donors (Lipinski definition) is 3. The molecular formula is C35H51N3O5. The molecule has 43 heavy (non-hydrogen) atoms. The smallest absolute Gasteiger partial charge is 0.408 e. The molecule has 1 fully saturated rings. The first-order chi connectivity index (χ1) is 20.6. The summed E-state index contributed by atoms with van der Waals surface area (Å²) in [5.41, 5.74) is 0.758. The van der Waals surface area contributed by atoms with Crippen molar-refractivity contribution in [2.24, 2.45) is 0 Å². The van der Waals surface area contributed by atoms with Crippen LogP contribution in [0.15, 0.2) is 54.6 Å². The van der Waals surface area contributed by atoms with Gasteiger partial charge in [0.05, 0.1) is 0 Å². The fraction of sp³-hybridized carbons (Fsp3) is 0.571. The van der Waals surface area contributed by atoms with E-state index in [1.807, 2.05) is 30.3 Å². The van der Waals surface area contributed by atoms with Crippen molar-refractivity contribution in [2.45, 2.75) is 122 Å². The maximum Gasteiger partial charge on any atom is 0.408 e. The van der Waals surface area contributed by atoms with Crippen LogP contribution in [-0.4, -0.2) is 52.1 Å². The summed E-state index contributed by atoms with van der Waals surface area (Å²) >= 11 is 0. The summed E-state index contributed by atoms with van der Waals surface area (Å²) in [5, 5.41) is 16.1. The van der Waals surface area contributed by atoms with Crippen molar-refractivity contribution in [2.75, 3.05) is 6.54 Å². The number of hydrogen-bond acceptors (Lipinski definition) is 5. The van der Waals surface area contributed by atoms with Crippen molar-refractivity contribution in [3.63, 3.8) is 0 Å². The fourth-order valence-corrected chi connectivity index (χ4v) is 5.61. The van der Waals surface area contributed by atoms with Gasteiger partial charge in [-0.1, -0.05) is 94.3 Å². The molecule has 2 aromatic rings. The van der Waals surface area contributed by atoms with Crippen molar-refractivity contribution in [3.8, 4) is 5.75 Å². The van der Waals surface area contributed by atoms with Crippen molar-refractivity contribution >= 4 is 17.9 Å². The van der Waals surface area contributed by atoms with Gasteiger partial charge in [0.15, 0.2) is 0 Å². The molecule has 0 aromatic heterocycles. The third kappa shape index (κ3) is 11.6. The van der Waals surface area contributed by atoms with Gasteiger partial charge in [0.1, 0.15) is 23.4 Å². The number of phenolic OH excluding ortho intramolecular Hbond substituents is 1. The number of carbonyl (C=O) groups excluding carboxylic acids is 3. The minimum absolute atomic E-state index is 0.0578. The molecule has 2 atom stereocenters. The second kappa shape index (κ2) is 16.9. The van der Waals surface area contributed by atoms with Crippen molar-refractivity contribution < 1.29 is 24.2 Å². The molecule has 236 valence electrons. The van der Waals surface area contributed by atoms with Gasteiger partial charge >= 0.3 is 6.09 Å². The summed E-state index contributed by atoms with van der Waals surface area (Å²) in [7, 11) is 0. The van der Waals surface area contributed by atoms with Crippen molar-refractivity contribution in [1.29, 1.82) is 0 Å². The number of unbranched alkanes of at least 4 members (excludes halogenated alkanes) is 4. The van der Waals surface area contributed by atoms with E-state index in [0.717, 1.165) is 69.8 Å². The molecule has 3 rings (SSSR count). The Hall–Kier alpha value is -3.55. The van der Waals surface area contributed by atoms with E-state index in [1.165, 1.54) is 0 Å². The third-order valence-electron chi connectivity index (χ3n) is 7.78. The molecule has 0 radical (unpaired) electrons. The molecule has 8 nitrogen and oxygen atoms in total. The summed E-state index contributed by atoms with van der Waals surface area (Å²) < 4.78 is 5.54. The van der Waals surface area contributed by atoms with Crippen LogP contribution in [0.5, 0.6) is 5.75 Å². The molecular weight excluding hydrogens is 542 g/mol. The Bertz CT molecular complexity index is 1140. The van der Waals surface area contributed by atoms with Gasteiger partial charge in [0.25, 0.3) is 0 Å². The molecule has 2 aromatic carbocycles. The Labute approximate surface area is 257 Å². The largest absolute Gasteiger partial charge is 0.508 e. The van der Waals surface area contributed by atoms with Crippen LogP contribution < -0.4 is 10.6 Å². The average Bonchev–Trinajstić information content (AvgIpc) is 2.96. The Morgan fingerprint density at radius 1 is 0.930 bits per heavy atom. The van der Waals surface area contributed by atoms with Crippen LogP contribution in [0.2, 0.25) is 0 Å². The van der Waals surface area contributed by atoms with Crippen LogP contribution in [0.4, 0.5) is 4.79 Å². The van der Waals surface area contributed by atoms with Crippen LogP contribution in [0, 0.1) is 0 Å². The summed E-state index contributed by atoms with van der Waals surface area (Å²) in [5.74, 6) is -0.501. The quantitative estimate of drug-likeness (QED) is 0.208. The Balaban J connectivity index is 1.99. The van der Waals surface area contributed by atoms with E-state index in [2.05, 4.69) is 17.6 Å². The highest BCUT2D eigenvalue weighted by Crippen LogP contribution is 2.27. The van der Waals surface area contributed by atoms with Crippen LogP contribution in [0.25, 0.3) is 0 Å². The van der Waals surface area contributed by atoms with Crippen LogP contribution in [0.1, 0.15) is 109 Å². The predicted molar refractivity (Wildman–Crippen MR) is 170 cm³/mol. The molecule has 0 heterocycles. The number of ether oxygens (including phenoxy) is 1. The molecule has 1 aliphatic rings. The average molecular weight is 594 g/mol. The molecule has 0 aliphatic heterocycles. The zero-order valence-electron chi connectivity index (χ0n) is 26.4. The SMILES string of the molecule is CCCCCCCN(C(=O)C(Cc1ccccc1)NC(=O)OC(C)(C)C)C(C(=O)NC1CCCCC1)c1ccc(O)cc1. The highest BCUT2D eigenvalue weighted by molar-refractivity contribution is 5.92. The standard InChI is InChI=1S/C35H51N3O5/c1-5-6-7-8-15-24-38(31(27-20-22-29(39)23-21-27)32(40)36-28-18-13-10-14-19-28)33(41)30(25-26-16-11-9-12-17-26)37-34(42)43-35(2,3)4/h9,11-12,16-17,20-23,28,30-31,39H,5-8,10,13-15,18-19,24-25H2,1-4H3,(H,36,40)(H,37,42). The maximum absolute atomic E-state index is 14.6. The first-order valence-corrected chi connectivity index (χ1v) is 16.0. The summed E-state index contributed by atoms with van der Waals surface area (Å²) in [6.45, 7) is 7.84. The molecule has 3 amide bonds. The van der Waals surface area contributed by atoms with Crippen molar-refractivity contribution in [1.82, 2.24) is 15.5 Å². The molecule has 2 unspecified atom stereocenters. The summed E-state index contributed by atoms with van der Waals surface area (Å²) in [6, 6.07) is 14.2. The van der Waals surface area contributed by atoms with E-state index < -0.39 is 23.8 Å². The number of carbonyl (C=O) groups is 3. The molecule has 0 saturated heterocycles. The van der Waals surface area contributed by atoms with Gasteiger partial charge in [0.2, 0.25) is 11.8 Å². The number of nitrogens with one attached hydrogen (secondary N) is 2. The fourth-order valence-electron chi connectivity index (χ4n) is 5.61. The Morgan fingerprint density at radius 3 is 2.21 bits per heavy atom. The minimum atomic E-state index is -0.949. The van der Waals surface area contributed by atoms with Gasteiger partial charge < -0.3 is 25.4 Å². The van der Waals surface area contributed by atoms with Gasteiger partial charge in [-0.2, -0.15) is 0 Å². The van der Waals surface area contributed by atoms with E-state index in [4.69, 9.17) is 4.74 Å². The highest BCUT2D eigenvalue weighted by atomic mass is 16.6. The first-order valence-electron chi connectivity index (χ1n) is 16.0. The zero-order chi connectivity index (χ0) is 31.2. The number of benzene rings is 2. The number of rotatable bonds is 14. The summed E-state index contributed by atoms with van der Waals surface area (Å²) in [6.07, 6.45) is 9.57. The third-order valence-corrected chi connectivity index (χ3v) is 7.78. The maximum atomic E-state index is 14.6. The molecule has 0 bridgehead atoms. The monoisotopic (exact) mass is 593 g/mol. The number of nitrogens with zero attached hydrogens (tertiary/aromatic N) is 1. The number of aromatic hydroxyl groups is 1. The van der Waals surface area contributed by atoms with E-state index >= 15 is 0 Å². The van der Waals surface area contributed by atoms with Gasteiger partial charge in [-0.25, -0.2) is 4.79 Å². The molecule has 3 N–H and O–H groups in total. The number of amides is 3. The first kappa shape index (κ1) is 33.9. The minimum Gasteiger partial charge on any atom is -0.508 e. The molecule has 1 saturated carbocycles. The second-order valence-corrected chi connectivity index (χ2v) is 12.7. The molecule has 1 aliphatic carbocycles. The lowest BCUT2D eigenvalue weighted by molar-refractivity contribution is -0.143. The number of phenols is 1. The van der Waals surface area contributed by atoms with Gasteiger partial charge in [0, 0.05) is 19.0 Å². The number of alkyl carbamates (subject to hydrolysis) is 1. The van der Waals surface area contributed by atoms with Gasteiger partial charge in [-0.05, 0) is 63.3 Å². The van der Waals surface area contributed by atoms with Crippen molar-refractivity contribution in [3.05, 3.63) is 65.7 Å². The van der Waals surface area contributed by atoms with Gasteiger partial charge in [-0.3, -0.25) is 9.59 Å². The molecule has 8 heteroatoms. The van der Waals surface area contributed by atoms with Crippen LogP contribution in [-0.2, 0) is 20.7 Å². The second-order valence-electron chi connectivity index (χ2n) is 12.7. The highest BCUT2D eigenvalue weighted by Gasteiger charge is 2.37. The van der Waals surface area contributed by atoms with Crippen LogP contribution >= 0.6 is 0 Å². The lowest BCUT2D eigenvalue weighted by Gasteiger charge is -2.36. The van der Waals surface area contributed by atoms with E-state index in [0.29, 0.717) is 12.1 Å². The lowest BCUT2D eigenvalue weighted by Crippen LogP contribution is -2.54.